The third-order valence-electron chi connectivity index (χ3n) is 5.31. The Morgan fingerprint density at radius 1 is 1.06 bits per heavy atom. The molecular formula is C26H34N2O4. The molecule has 0 unspecified atom stereocenters. The van der Waals surface area contributed by atoms with Crippen molar-refractivity contribution in [3.63, 3.8) is 0 Å². The maximum absolute atomic E-state index is 11.8. The molecule has 1 amide bonds. The average molecular weight is 439 g/mol. The Bertz CT molecular complexity index is 904. The van der Waals surface area contributed by atoms with Gasteiger partial charge in [0.15, 0.2) is 5.79 Å². The van der Waals surface area contributed by atoms with Gasteiger partial charge in [-0.05, 0) is 38.3 Å². The minimum absolute atomic E-state index is 0.143. The first-order chi connectivity index (χ1) is 15.6. The van der Waals surface area contributed by atoms with Crippen molar-refractivity contribution in [1.82, 2.24) is 10.3 Å². The van der Waals surface area contributed by atoms with Gasteiger partial charge in [-0.25, -0.2) is 4.98 Å². The summed E-state index contributed by atoms with van der Waals surface area (Å²) >= 11 is 0. The molecule has 0 radical (unpaired) electrons. The Morgan fingerprint density at radius 2 is 1.84 bits per heavy atom. The number of hydrogen-bond acceptors (Lipinski definition) is 5. The summed E-state index contributed by atoms with van der Waals surface area (Å²) in [6.45, 7) is 4.03. The van der Waals surface area contributed by atoms with E-state index >= 15 is 0 Å². The molecule has 3 rings (SSSR count). The van der Waals surface area contributed by atoms with Gasteiger partial charge in [0, 0.05) is 17.5 Å². The zero-order chi connectivity index (χ0) is 22.5. The fourth-order valence-corrected chi connectivity index (χ4v) is 3.48. The summed E-state index contributed by atoms with van der Waals surface area (Å²) in [6, 6.07) is 12.0. The molecule has 1 aliphatic heterocycles. The zero-order valence-corrected chi connectivity index (χ0v) is 18.9. The van der Waals surface area contributed by atoms with E-state index in [2.05, 4.69) is 22.4 Å². The monoisotopic (exact) mass is 438 g/mol. The lowest BCUT2D eigenvalue weighted by Gasteiger charge is -2.21. The normalized spacial score (nSPS) is 15.7. The number of ether oxygens (including phenoxy) is 3. The highest BCUT2D eigenvalue weighted by atomic mass is 16.7. The van der Waals surface area contributed by atoms with Crippen molar-refractivity contribution < 1.29 is 19.0 Å². The van der Waals surface area contributed by atoms with Crippen LogP contribution < -0.4 is 10.1 Å². The molecule has 2 aromatic rings. The van der Waals surface area contributed by atoms with Gasteiger partial charge in [0.05, 0.1) is 31.9 Å². The lowest BCUT2D eigenvalue weighted by Crippen LogP contribution is -2.40. The van der Waals surface area contributed by atoms with Gasteiger partial charge in [0.25, 0.3) is 0 Å². The van der Waals surface area contributed by atoms with Crippen LogP contribution in [-0.2, 0) is 14.3 Å². The fourth-order valence-electron chi connectivity index (χ4n) is 3.48. The summed E-state index contributed by atoms with van der Waals surface area (Å²) in [5.74, 6) is -0.139. The van der Waals surface area contributed by atoms with Crippen LogP contribution in [0.15, 0.2) is 60.7 Å². The summed E-state index contributed by atoms with van der Waals surface area (Å²) in [5.41, 5.74) is 0.969. The van der Waals surface area contributed by atoms with Crippen molar-refractivity contribution in [3.8, 4) is 5.88 Å². The highest BCUT2D eigenvalue weighted by Gasteiger charge is 2.30. The number of pyridine rings is 1. The molecule has 0 bridgehead atoms. The molecule has 6 heteroatoms. The number of amides is 1. The van der Waals surface area contributed by atoms with Crippen molar-refractivity contribution in [1.29, 1.82) is 0 Å². The second-order valence-electron chi connectivity index (χ2n) is 8.08. The predicted octanol–water partition coefficient (Wildman–Crippen LogP) is 4.95. The quantitative estimate of drug-likeness (QED) is 0.272. The fraction of sp³-hybridized carbons (Fsp3) is 0.462. The standard InChI is InChI=1S/C26H34N2O4/c1-26(31-19-20-32-26)21-27-24(29)15-9-7-5-3-2-4-6-8-12-18-30-25-17-16-22-13-10-11-14-23(22)28-25/h5,7,9-11,13-17H,2-4,6,8,12,18-21H2,1H3,(H,27,29). The number of hydrogen-bond donors (Lipinski definition) is 1. The van der Waals surface area contributed by atoms with Crippen LogP contribution in [0.3, 0.4) is 0 Å². The molecule has 6 nitrogen and oxygen atoms in total. The van der Waals surface area contributed by atoms with E-state index in [1.165, 1.54) is 18.9 Å². The Hall–Kier alpha value is -2.70. The number of aromatic nitrogens is 1. The summed E-state index contributed by atoms with van der Waals surface area (Å²) in [7, 11) is 0. The van der Waals surface area contributed by atoms with Crippen LogP contribution in [0.1, 0.15) is 45.4 Å². The number of unbranched alkanes of at least 4 members (excludes halogenated alkanes) is 5. The van der Waals surface area contributed by atoms with Gasteiger partial charge in [-0.1, -0.05) is 55.7 Å². The minimum Gasteiger partial charge on any atom is -0.478 e. The lowest BCUT2D eigenvalue weighted by molar-refractivity contribution is -0.143. The maximum Gasteiger partial charge on any atom is 0.244 e. The van der Waals surface area contributed by atoms with Gasteiger partial charge in [0.1, 0.15) is 0 Å². The van der Waals surface area contributed by atoms with E-state index in [4.69, 9.17) is 14.2 Å². The van der Waals surface area contributed by atoms with E-state index in [1.54, 1.807) is 6.08 Å². The summed E-state index contributed by atoms with van der Waals surface area (Å²) in [4.78, 5) is 16.3. The molecule has 1 aromatic heterocycles. The summed E-state index contributed by atoms with van der Waals surface area (Å²) < 4.78 is 16.7. The van der Waals surface area contributed by atoms with E-state index < -0.39 is 5.79 Å². The van der Waals surface area contributed by atoms with Crippen molar-refractivity contribution in [2.45, 2.75) is 51.2 Å². The second kappa shape index (κ2) is 13.0. The van der Waals surface area contributed by atoms with Crippen molar-refractivity contribution in [2.75, 3.05) is 26.4 Å². The van der Waals surface area contributed by atoms with Gasteiger partial charge >= 0.3 is 0 Å². The van der Waals surface area contributed by atoms with Crippen LogP contribution in [0, 0.1) is 0 Å². The van der Waals surface area contributed by atoms with Crippen LogP contribution in [0.25, 0.3) is 10.9 Å². The molecule has 1 N–H and O–H groups in total. The van der Waals surface area contributed by atoms with Crippen molar-refractivity contribution in [3.05, 3.63) is 60.7 Å². The van der Waals surface area contributed by atoms with E-state index in [9.17, 15) is 4.79 Å². The van der Waals surface area contributed by atoms with Gasteiger partial charge in [-0.2, -0.15) is 0 Å². The smallest absolute Gasteiger partial charge is 0.244 e. The highest BCUT2D eigenvalue weighted by molar-refractivity contribution is 5.87. The number of rotatable bonds is 13. The SMILES string of the molecule is CC1(CNC(=O)C=CC=CCCCCCCCOc2ccc3ccccc3n2)OCCO1. The Kier molecular flexibility index (Phi) is 9.72. The molecule has 1 aromatic carbocycles. The highest BCUT2D eigenvalue weighted by Crippen LogP contribution is 2.17. The largest absolute Gasteiger partial charge is 0.478 e. The van der Waals surface area contributed by atoms with Crippen LogP contribution >= 0.6 is 0 Å². The van der Waals surface area contributed by atoms with Crippen LogP contribution in [0.4, 0.5) is 0 Å². The second-order valence-corrected chi connectivity index (χ2v) is 8.08. The summed E-state index contributed by atoms with van der Waals surface area (Å²) in [5, 5.41) is 3.93. The van der Waals surface area contributed by atoms with Crippen LogP contribution in [0.5, 0.6) is 5.88 Å². The minimum atomic E-state index is -0.696. The van der Waals surface area contributed by atoms with E-state index in [1.807, 2.05) is 43.3 Å². The predicted molar refractivity (Wildman–Crippen MR) is 127 cm³/mol. The number of allylic oxidation sites excluding steroid dienone is 3. The molecule has 0 saturated carbocycles. The number of benzene rings is 1. The van der Waals surface area contributed by atoms with Gasteiger partial charge in [0.2, 0.25) is 11.8 Å². The van der Waals surface area contributed by atoms with Gasteiger partial charge in [-0.3, -0.25) is 4.79 Å². The average Bonchev–Trinajstić information content (AvgIpc) is 3.25. The molecular weight excluding hydrogens is 404 g/mol. The molecule has 0 spiro atoms. The number of para-hydroxylation sites is 1. The molecule has 2 heterocycles. The van der Waals surface area contributed by atoms with Crippen LogP contribution in [-0.4, -0.2) is 43.0 Å². The maximum atomic E-state index is 11.8. The van der Waals surface area contributed by atoms with Crippen LogP contribution in [0.2, 0.25) is 0 Å². The first-order valence-electron chi connectivity index (χ1n) is 11.5. The third kappa shape index (κ3) is 8.44. The van der Waals surface area contributed by atoms with Crippen molar-refractivity contribution in [2.24, 2.45) is 0 Å². The molecule has 1 aliphatic rings. The van der Waals surface area contributed by atoms with Gasteiger partial charge in [-0.15, -0.1) is 0 Å². The van der Waals surface area contributed by atoms with Gasteiger partial charge < -0.3 is 19.5 Å². The topological polar surface area (TPSA) is 69.7 Å². The lowest BCUT2D eigenvalue weighted by atomic mass is 10.1. The first kappa shape index (κ1) is 24.0. The van der Waals surface area contributed by atoms with E-state index in [0.29, 0.717) is 32.2 Å². The number of fused-ring (bicyclic) bond motifs is 1. The summed E-state index contributed by atoms with van der Waals surface area (Å²) in [6.07, 6.45) is 14.1. The number of nitrogens with zero attached hydrogens (tertiary/aromatic N) is 1. The first-order valence-corrected chi connectivity index (χ1v) is 11.5. The van der Waals surface area contributed by atoms with E-state index in [-0.39, 0.29) is 5.91 Å². The van der Waals surface area contributed by atoms with Crippen molar-refractivity contribution >= 4 is 16.8 Å². The molecule has 1 fully saturated rings. The molecule has 172 valence electrons. The zero-order valence-electron chi connectivity index (χ0n) is 18.9. The Morgan fingerprint density at radius 3 is 2.72 bits per heavy atom. The molecule has 0 aliphatic carbocycles. The Labute approximate surface area is 190 Å². The molecule has 32 heavy (non-hydrogen) atoms. The van der Waals surface area contributed by atoms with E-state index in [0.717, 1.165) is 36.6 Å². The number of carbonyl (C=O) groups is 1. The molecule has 1 saturated heterocycles. The Balaban J connectivity index is 1.16. The number of nitrogens with one attached hydrogen (secondary N) is 1. The molecule has 0 atom stereocenters. The number of carbonyl (C=O) groups excluding carboxylic acids is 1. The third-order valence-corrected chi connectivity index (χ3v) is 5.31.